The third-order valence-corrected chi connectivity index (χ3v) is 4.11. The number of carbonyl (C=O) groups excluding carboxylic acids is 1. The maximum Gasteiger partial charge on any atom is 0.276 e. The van der Waals surface area contributed by atoms with Crippen molar-refractivity contribution in [3.63, 3.8) is 0 Å². The van der Waals surface area contributed by atoms with Gasteiger partial charge in [0.2, 0.25) is 0 Å². The van der Waals surface area contributed by atoms with Gasteiger partial charge in [0.05, 0.1) is 11.4 Å². The van der Waals surface area contributed by atoms with Crippen LogP contribution in [0.2, 0.25) is 0 Å². The summed E-state index contributed by atoms with van der Waals surface area (Å²) < 4.78 is 0. The minimum atomic E-state index is -0.169. The number of benzene rings is 1. The fourth-order valence-electron chi connectivity index (χ4n) is 2.08. The van der Waals surface area contributed by atoms with Crippen LogP contribution in [0.15, 0.2) is 29.2 Å². The van der Waals surface area contributed by atoms with E-state index in [1.54, 1.807) is 23.7 Å². The lowest BCUT2D eigenvalue weighted by Gasteiger charge is -2.16. The molecule has 6 heteroatoms. The summed E-state index contributed by atoms with van der Waals surface area (Å²) in [6, 6.07) is 8.16. The van der Waals surface area contributed by atoms with E-state index < -0.39 is 0 Å². The van der Waals surface area contributed by atoms with Gasteiger partial charge in [-0.25, -0.2) is 0 Å². The molecule has 0 aliphatic heterocycles. The van der Waals surface area contributed by atoms with Gasteiger partial charge in [-0.2, -0.15) is 5.10 Å². The van der Waals surface area contributed by atoms with Crippen LogP contribution in [0.5, 0.6) is 0 Å². The highest BCUT2D eigenvalue weighted by Crippen LogP contribution is 2.18. The Hall–Kier alpha value is -1.95. The smallest absolute Gasteiger partial charge is 0.276 e. The first-order valence-electron chi connectivity index (χ1n) is 6.78. The van der Waals surface area contributed by atoms with Crippen LogP contribution in [0.1, 0.15) is 28.7 Å². The number of carbonyl (C=O) groups is 1. The average Bonchev–Trinajstić information content (AvgIpc) is 2.88. The first-order valence-corrected chi connectivity index (χ1v) is 8.00. The molecule has 0 aliphatic carbocycles. The van der Waals surface area contributed by atoms with Gasteiger partial charge < -0.3 is 10.6 Å². The number of nitrogen functional groups attached to an aromatic ring is 1. The Morgan fingerprint density at radius 3 is 2.57 bits per heavy atom. The Morgan fingerprint density at radius 2 is 2.05 bits per heavy atom. The number of anilines is 1. The number of thioether (sulfide) groups is 1. The Bertz CT molecular complexity index is 621. The van der Waals surface area contributed by atoms with Crippen molar-refractivity contribution < 1.29 is 4.79 Å². The van der Waals surface area contributed by atoms with Gasteiger partial charge in [0.25, 0.3) is 5.91 Å². The second-order valence-electron chi connectivity index (χ2n) is 4.83. The fraction of sp³-hybridized carbons (Fsp3) is 0.333. The number of hydrogen-bond donors (Lipinski definition) is 2. The lowest BCUT2D eigenvalue weighted by atomic mass is 10.2. The predicted octanol–water partition coefficient (Wildman–Crippen LogP) is 2.55. The van der Waals surface area contributed by atoms with Gasteiger partial charge in [-0.3, -0.25) is 9.89 Å². The maximum atomic E-state index is 12.4. The summed E-state index contributed by atoms with van der Waals surface area (Å²) in [5.41, 5.74) is 8.57. The van der Waals surface area contributed by atoms with Crippen LogP contribution >= 0.6 is 11.8 Å². The predicted molar refractivity (Wildman–Crippen MR) is 86.4 cm³/mol. The number of nitrogens with two attached hydrogens (primary N) is 1. The molecule has 2 aromatic rings. The summed E-state index contributed by atoms with van der Waals surface area (Å²) in [5.74, 6) is -0.169. The van der Waals surface area contributed by atoms with Crippen molar-refractivity contribution in [2.75, 3.05) is 19.0 Å². The zero-order valence-electron chi connectivity index (χ0n) is 12.5. The van der Waals surface area contributed by atoms with Crippen LogP contribution in [0, 0.1) is 0 Å². The fourth-order valence-corrected chi connectivity index (χ4v) is 2.48. The standard InChI is InChI=1S/C15H20N4OS/c1-4-12-13(16)14(18-17-12)15(20)19(2)9-10-5-7-11(21-3)8-6-10/h5-8H,4,9,16H2,1-3H3,(H,17,18). The second kappa shape index (κ2) is 6.67. The number of nitrogens with zero attached hydrogens (tertiary/aromatic N) is 2. The zero-order chi connectivity index (χ0) is 15.4. The molecule has 0 saturated heterocycles. The number of H-pyrrole nitrogens is 1. The third-order valence-electron chi connectivity index (χ3n) is 3.36. The van der Waals surface area contributed by atoms with Crippen LogP contribution in [0.25, 0.3) is 0 Å². The molecule has 0 saturated carbocycles. The van der Waals surface area contributed by atoms with E-state index in [1.165, 1.54) is 4.90 Å². The normalized spacial score (nSPS) is 10.6. The molecule has 0 unspecified atom stereocenters. The molecule has 0 aliphatic rings. The Kier molecular flexibility index (Phi) is 4.90. The van der Waals surface area contributed by atoms with Crippen LogP contribution in [-0.4, -0.2) is 34.3 Å². The number of amides is 1. The highest BCUT2D eigenvalue weighted by atomic mass is 32.2. The van der Waals surface area contributed by atoms with E-state index in [9.17, 15) is 4.79 Å². The molecule has 0 radical (unpaired) electrons. The van der Waals surface area contributed by atoms with Crippen molar-refractivity contribution >= 4 is 23.4 Å². The van der Waals surface area contributed by atoms with Gasteiger partial charge in [-0.05, 0) is 30.4 Å². The van der Waals surface area contributed by atoms with Crippen LogP contribution < -0.4 is 5.73 Å². The van der Waals surface area contributed by atoms with Gasteiger partial charge in [0.15, 0.2) is 5.69 Å². The molecular weight excluding hydrogens is 284 g/mol. The highest BCUT2D eigenvalue weighted by molar-refractivity contribution is 7.98. The number of aryl methyl sites for hydroxylation is 1. The lowest BCUT2D eigenvalue weighted by Crippen LogP contribution is -2.27. The van der Waals surface area contributed by atoms with Gasteiger partial charge in [0, 0.05) is 18.5 Å². The molecule has 1 amide bonds. The molecule has 0 spiro atoms. The minimum Gasteiger partial charge on any atom is -0.395 e. The van der Waals surface area contributed by atoms with Crippen molar-refractivity contribution in [1.29, 1.82) is 0 Å². The summed E-state index contributed by atoms with van der Waals surface area (Å²) in [5, 5.41) is 6.85. The summed E-state index contributed by atoms with van der Waals surface area (Å²) in [6.07, 6.45) is 2.77. The van der Waals surface area contributed by atoms with Crippen molar-refractivity contribution in [1.82, 2.24) is 15.1 Å². The molecule has 112 valence electrons. The van der Waals surface area contributed by atoms with Crippen molar-refractivity contribution in [2.24, 2.45) is 0 Å². The van der Waals surface area contributed by atoms with E-state index in [0.29, 0.717) is 17.9 Å². The lowest BCUT2D eigenvalue weighted by molar-refractivity contribution is 0.0780. The number of nitrogens with one attached hydrogen (secondary N) is 1. The quantitative estimate of drug-likeness (QED) is 0.832. The summed E-state index contributed by atoms with van der Waals surface area (Å²) in [4.78, 5) is 15.2. The Balaban J connectivity index is 2.09. The largest absolute Gasteiger partial charge is 0.395 e. The van der Waals surface area contributed by atoms with E-state index in [1.807, 2.05) is 25.3 Å². The van der Waals surface area contributed by atoms with E-state index in [4.69, 9.17) is 5.73 Å². The van der Waals surface area contributed by atoms with Crippen molar-refractivity contribution in [3.8, 4) is 0 Å². The number of aromatic nitrogens is 2. The first kappa shape index (κ1) is 15.4. The number of rotatable bonds is 5. The Labute approximate surface area is 128 Å². The van der Waals surface area contributed by atoms with E-state index in [2.05, 4.69) is 22.3 Å². The molecular formula is C15H20N4OS. The zero-order valence-corrected chi connectivity index (χ0v) is 13.3. The summed E-state index contributed by atoms with van der Waals surface area (Å²) >= 11 is 1.70. The molecule has 0 bridgehead atoms. The second-order valence-corrected chi connectivity index (χ2v) is 5.71. The minimum absolute atomic E-state index is 0.169. The maximum absolute atomic E-state index is 12.4. The monoisotopic (exact) mass is 304 g/mol. The van der Waals surface area contributed by atoms with Crippen LogP contribution in [0.4, 0.5) is 5.69 Å². The first-order chi connectivity index (χ1) is 10.1. The topological polar surface area (TPSA) is 75.0 Å². The van der Waals surface area contributed by atoms with Crippen LogP contribution in [0.3, 0.4) is 0 Å². The summed E-state index contributed by atoms with van der Waals surface area (Å²) in [6.45, 7) is 2.50. The van der Waals surface area contributed by atoms with E-state index >= 15 is 0 Å². The van der Waals surface area contributed by atoms with Crippen LogP contribution in [-0.2, 0) is 13.0 Å². The van der Waals surface area contributed by atoms with Gasteiger partial charge in [0.1, 0.15) is 0 Å². The molecule has 0 fully saturated rings. The molecule has 5 nitrogen and oxygen atoms in total. The van der Waals surface area contributed by atoms with Crippen molar-refractivity contribution in [2.45, 2.75) is 24.8 Å². The molecule has 1 heterocycles. The Morgan fingerprint density at radius 1 is 1.38 bits per heavy atom. The van der Waals surface area contributed by atoms with E-state index in [-0.39, 0.29) is 5.91 Å². The SMILES string of the molecule is CCc1[nH]nc(C(=O)N(C)Cc2ccc(SC)cc2)c1N. The van der Waals surface area contributed by atoms with Gasteiger partial charge >= 0.3 is 0 Å². The molecule has 1 aromatic heterocycles. The molecule has 1 aromatic carbocycles. The molecule has 21 heavy (non-hydrogen) atoms. The molecule has 0 atom stereocenters. The highest BCUT2D eigenvalue weighted by Gasteiger charge is 2.20. The summed E-state index contributed by atoms with van der Waals surface area (Å²) in [7, 11) is 1.75. The number of aromatic amines is 1. The number of hydrogen-bond acceptors (Lipinski definition) is 4. The van der Waals surface area contributed by atoms with Crippen molar-refractivity contribution in [3.05, 3.63) is 41.2 Å². The third kappa shape index (κ3) is 3.39. The molecule has 2 rings (SSSR count). The average molecular weight is 304 g/mol. The van der Waals surface area contributed by atoms with E-state index in [0.717, 1.165) is 17.7 Å². The molecule has 3 N–H and O–H groups in total. The van der Waals surface area contributed by atoms with Gasteiger partial charge in [-0.1, -0.05) is 19.1 Å². The van der Waals surface area contributed by atoms with Gasteiger partial charge in [-0.15, -0.1) is 11.8 Å².